The second-order valence-corrected chi connectivity index (χ2v) is 6.69. The number of hydrogen-bond acceptors (Lipinski definition) is 3. The molecule has 1 amide bonds. The highest BCUT2D eigenvalue weighted by Gasteiger charge is 2.52. The first-order chi connectivity index (χ1) is 11.2. The van der Waals surface area contributed by atoms with Gasteiger partial charge in [0.2, 0.25) is 5.91 Å². The molecule has 1 heterocycles. The minimum atomic E-state index is -0.663. The van der Waals surface area contributed by atoms with E-state index < -0.39 is 5.41 Å². The van der Waals surface area contributed by atoms with E-state index in [1.807, 2.05) is 0 Å². The van der Waals surface area contributed by atoms with Crippen molar-refractivity contribution >= 4 is 5.91 Å². The van der Waals surface area contributed by atoms with Gasteiger partial charge in [0.15, 0.2) is 0 Å². The molecule has 2 N–H and O–H groups in total. The molecule has 5 heteroatoms. The lowest BCUT2D eigenvalue weighted by Gasteiger charge is -2.34. The largest absolute Gasteiger partial charge is 0.395 e. The molecule has 0 aromatic heterocycles. The molecule has 2 aliphatic rings. The molecule has 1 aromatic rings. The van der Waals surface area contributed by atoms with Gasteiger partial charge in [0.05, 0.1) is 12.0 Å². The van der Waals surface area contributed by atoms with Gasteiger partial charge in [0.25, 0.3) is 0 Å². The molecular weight excluding hydrogens is 295 g/mol. The fourth-order valence-corrected chi connectivity index (χ4v) is 3.64. The first kappa shape index (κ1) is 16.4. The zero-order valence-electron chi connectivity index (χ0n) is 13.4. The molecule has 126 valence electrons. The molecule has 1 atom stereocenters. The highest BCUT2D eigenvalue weighted by Crippen LogP contribution is 2.49. The summed E-state index contributed by atoms with van der Waals surface area (Å²) in [5.74, 6) is -0.364. The Morgan fingerprint density at radius 3 is 2.83 bits per heavy atom. The zero-order valence-corrected chi connectivity index (χ0v) is 13.4. The maximum atomic E-state index is 14.0. The fraction of sp³-hybridized carbons (Fsp3) is 0.611. The summed E-state index contributed by atoms with van der Waals surface area (Å²) < 4.78 is 14.0. The van der Waals surface area contributed by atoms with Crippen LogP contribution in [-0.4, -0.2) is 48.2 Å². The van der Waals surface area contributed by atoms with Crippen LogP contribution in [0.5, 0.6) is 0 Å². The Morgan fingerprint density at radius 1 is 1.35 bits per heavy atom. The Morgan fingerprint density at radius 2 is 2.13 bits per heavy atom. The van der Waals surface area contributed by atoms with E-state index in [4.69, 9.17) is 0 Å². The number of likely N-dealkylation sites (tertiary alicyclic amines) is 1. The zero-order chi connectivity index (χ0) is 16.3. The highest BCUT2D eigenvalue weighted by atomic mass is 19.1. The molecule has 0 bridgehead atoms. The molecule has 1 saturated heterocycles. The van der Waals surface area contributed by atoms with E-state index >= 15 is 0 Å². The second-order valence-electron chi connectivity index (χ2n) is 6.69. The lowest BCUT2D eigenvalue weighted by molar-refractivity contribution is -0.123. The van der Waals surface area contributed by atoms with Crippen LogP contribution in [0.1, 0.15) is 37.7 Å². The number of hydrogen-bond donors (Lipinski definition) is 2. The van der Waals surface area contributed by atoms with Crippen molar-refractivity contribution in [2.75, 3.05) is 26.2 Å². The van der Waals surface area contributed by atoms with Crippen LogP contribution in [0.15, 0.2) is 24.3 Å². The van der Waals surface area contributed by atoms with Crippen LogP contribution in [0.25, 0.3) is 0 Å². The minimum absolute atomic E-state index is 0.0693. The monoisotopic (exact) mass is 320 g/mol. The van der Waals surface area contributed by atoms with E-state index in [0.29, 0.717) is 24.9 Å². The molecule has 4 nitrogen and oxygen atoms in total. The number of aliphatic hydroxyl groups is 1. The Bertz CT molecular complexity index is 560. The number of halogens is 1. The quantitative estimate of drug-likeness (QED) is 0.841. The second kappa shape index (κ2) is 6.97. The molecule has 1 aliphatic carbocycles. The topological polar surface area (TPSA) is 52.6 Å². The molecule has 0 radical (unpaired) electrons. The van der Waals surface area contributed by atoms with Crippen molar-refractivity contribution in [3.05, 3.63) is 35.6 Å². The highest BCUT2D eigenvalue weighted by molar-refractivity contribution is 5.91. The maximum Gasteiger partial charge on any atom is 0.230 e. The van der Waals surface area contributed by atoms with Crippen LogP contribution in [-0.2, 0) is 10.2 Å². The first-order valence-electron chi connectivity index (χ1n) is 8.55. The van der Waals surface area contributed by atoms with E-state index in [0.717, 1.165) is 32.4 Å². The maximum absolute atomic E-state index is 14.0. The van der Waals surface area contributed by atoms with Crippen molar-refractivity contribution in [3.8, 4) is 0 Å². The van der Waals surface area contributed by atoms with Gasteiger partial charge in [-0.1, -0.05) is 24.6 Å². The van der Waals surface area contributed by atoms with Crippen LogP contribution in [0.4, 0.5) is 4.39 Å². The number of nitrogens with zero attached hydrogens (tertiary/aromatic N) is 1. The van der Waals surface area contributed by atoms with Gasteiger partial charge in [-0.2, -0.15) is 0 Å². The normalized spacial score (nSPS) is 23.5. The standard InChI is InChI=1S/C18H25FN2O2/c19-16-7-2-1-6-15(16)18(8-9-18)17(23)20-10-12-21-11-4-3-5-14(21)13-22/h1-2,6-7,14,22H,3-5,8-13H2,(H,20,23)/t14-/m0/s1. The Labute approximate surface area is 136 Å². The summed E-state index contributed by atoms with van der Waals surface area (Å²) in [6.45, 7) is 2.43. The van der Waals surface area contributed by atoms with Gasteiger partial charge >= 0.3 is 0 Å². The number of aliphatic hydroxyl groups excluding tert-OH is 1. The molecule has 1 aliphatic heterocycles. The third-order valence-corrected chi connectivity index (χ3v) is 5.22. The summed E-state index contributed by atoms with van der Waals surface area (Å²) >= 11 is 0. The smallest absolute Gasteiger partial charge is 0.230 e. The molecule has 0 spiro atoms. The minimum Gasteiger partial charge on any atom is -0.395 e. The summed E-state index contributed by atoms with van der Waals surface area (Å²) in [4.78, 5) is 14.8. The van der Waals surface area contributed by atoms with Gasteiger partial charge in [-0.05, 0) is 38.3 Å². The van der Waals surface area contributed by atoms with E-state index in [-0.39, 0.29) is 24.4 Å². The molecule has 0 unspecified atom stereocenters. The van der Waals surface area contributed by atoms with Crippen molar-refractivity contribution in [1.82, 2.24) is 10.2 Å². The number of nitrogens with one attached hydrogen (secondary N) is 1. The number of piperidine rings is 1. The van der Waals surface area contributed by atoms with E-state index in [1.54, 1.807) is 18.2 Å². The van der Waals surface area contributed by atoms with Crippen LogP contribution < -0.4 is 5.32 Å². The Kier molecular flexibility index (Phi) is 4.97. The fourth-order valence-electron chi connectivity index (χ4n) is 3.64. The number of carbonyl (C=O) groups excluding carboxylic acids is 1. The van der Waals surface area contributed by atoms with Gasteiger partial charge in [-0.3, -0.25) is 9.69 Å². The molecule has 3 rings (SSSR count). The Hall–Kier alpha value is -1.46. The average molecular weight is 320 g/mol. The number of amides is 1. The third kappa shape index (κ3) is 3.40. The molecule has 23 heavy (non-hydrogen) atoms. The molecule has 1 aromatic carbocycles. The summed E-state index contributed by atoms with van der Waals surface area (Å²) in [5, 5.41) is 12.4. The van der Waals surface area contributed by atoms with Crippen molar-refractivity contribution in [1.29, 1.82) is 0 Å². The lowest BCUT2D eigenvalue weighted by atomic mass is 9.94. The summed E-state index contributed by atoms with van der Waals surface area (Å²) in [6.07, 6.45) is 4.74. The Balaban J connectivity index is 1.55. The predicted octanol–water partition coefficient (Wildman–Crippen LogP) is 1.82. The van der Waals surface area contributed by atoms with Crippen molar-refractivity contribution in [2.45, 2.75) is 43.6 Å². The number of carbonyl (C=O) groups is 1. The summed E-state index contributed by atoms with van der Waals surface area (Å²) in [7, 11) is 0. The van der Waals surface area contributed by atoms with E-state index in [2.05, 4.69) is 10.2 Å². The third-order valence-electron chi connectivity index (χ3n) is 5.22. The lowest BCUT2D eigenvalue weighted by Crippen LogP contribution is -2.46. The number of rotatable bonds is 6. The van der Waals surface area contributed by atoms with Gasteiger partial charge in [0.1, 0.15) is 5.82 Å². The molecular formula is C18H25FN2O2. The molecule has 2 fully saturated rings. The van der Waals surface area contributed by atoms with Crippen LogP contribution in [0, 0.1) is 5.82 Å². The van der Waals surface area contributed by atoms with Crippen molar-refractivity contribution in [3.63, 3.8) is 0 Å². The van der Waals surface area contributed by atoms with Crippen LogP contribution >= 0.6 is 0 Å². The first-order valence-corrected chi connectivity index (χ1v) is 8.55. The van der Waals surface area contributed by atoms with E-state index in [1.165, 1.54) is 6.07 Å². The molecule has 1 saturated carbocycles. The summed E-state index contributed by atoms with van der Waals surface area (Å²) in [5.41, 5.74) is -0.146. The van der Waals surface area contributed by atoms with Gasteiger partial charge in [0, 0.05) is 24.7 Å². The predicted molar refractivity (Wildman–Crippen MR) is 86.6 cm³/mol. The SMILES string of the molecule is O=C(NCCN1CCCC[C@H]1CO)C1(c2ccccc2F)CC1. The van der Waals surface area contributed by atoms with Crippen LogP contribution in [0.3, 0.4) is 0 Å². The van der Waals surface area contributed by atoms with E-state index in [9.17, 15) is 14.3 Å². The summed E-state index contributed by atoms with van der Waals surface area (Å²) in [6, 6.07) is 6.78. The van der Waals surface area contributed by atoms with Gasteiger partial charge < -0.3 is 10.4 Å². The van der Waals surface area contributed by atoms with Gasteiger partial charge in [-0.15, -0.1) is 0 Å². The van der Waals surface area contributed by atoms with Gasteiger partial charge in [-0.25, -0.2) is 4.39 Å². The van der Waals surface area contributed by atoms with Crippen LogP contribution in [0.2, 0.25) is 0 Å². The number of benzene rings is 1. The average Bonchev–Trinajstić information content (AvgIpc) is 3.37. The van der Waals surface area contributed by atoms with Crippen molar-refractivity contribution in [2.24, 2.45) is 0 Å². The van der Waals surface area contributed by atoms with Crippen molar-refractivity contribution < 1.29 is 14.3 Å².